The third kappa shape index (κ3) is 4.96. The SMILES string of the molecule is CCCCC1(CCCC)CNCC[N+]1(CCCC)CCCC. The molecule has 0 aliphatic carbocycles. The van der Waals surface area contributed by atoms with Gasteiger partial charge >= 0.3 is 0 Å². The first-order valence-electron chi connectivity index (χ1n) is 10.3. The van der Waals surface area contributed by atoms with E-state index in [1.807, 2.05) is 0 Å². The summed E-state index contributed by atoms with van der Waals surface area (Å²) in [5, 5.41) is 3.79. The van der Waals surface area contributed by atoms with E-state index >= 15 is 0 Å². The van der Waals surface area contributed by atoms with Crippen LogP contribution in [0.4, 0.5) is 0 Å². The summed E-state index contributed by atoms with van der Waals surface area (Å²) >= 11 is 0. The molecule has 0 bridgehead atoms. The normalized spacial score (nSPS) is 20.2. The van der Waals surface area contributed by atoms with Crippen molar-refractivity contribution in [3.63, 3.8) is 0 Å². The van der Waals surface area contributed by atoms with E-state index < -0.39 is 0 Å². The van der Waals surface area contributed by atoms with Gasteiger partial charge in [0.25, 0.3) is 0 Å². The minimum atomic E-state index is 0.522. The summed E-state index contributed by atoms with van der Waals surface area (Å²) in [6.07, 6.45) is 13.9. The average Bonchev–Trinajstić information content (AvgIpc) is 2.56. The fourth-order valence-corrected chi connectivity index (χ4v) is 4.54. The van der Waals surface area contributed by atoms with Crippen LogP contribution in [0.15, 0.2) is 0 Å². The molecule has 0 unspecified atom stereocenters. The Balaban J connectivity index is 3.03. The maximum absolute atomic E-state index is 3.79. The molecule has 1 aliphatic heterocycles. The number of unbranched alkanes of at least 4 members (excludes halogenated alkanes) is 4. The maximum Gasteiger partial charge on any atom is 0.112 e. The molecule has 2 nitrogen and oxygen atoms in total. The molecule has 0 aromatic heterocycles. The van der Waals surface area contributed by atoms with E-state index in [4.69, 9.17) is 0 Å². The van der Waals surface area contributed by atoms with Gasteiger partial charge in [-0.05, 0) is 25.7 Å². The van der Waals surface area contributed by atoms with E-state index in [0.717, 1.165) is 0 Å². The van der Waals surface area contributed by atoms with E-state index in [0.29, 0.717) is 5.54 Å². The van der Waals surface area contributed by atoms with Crippen LogP contribution in [0.1, 0.15) is 91.9 Å². The Hall–Kier alpha value is -0.0800. The Kier molecular flexibility index (Phi) is 9.66. The molecule has 0 radical (unpaired) electrons. The van der Waals surface area contributed by atoms with E-state index in [1.165, 1.54) is 101 Å². The van der Waals surface area contributed by atoms with E-state index in [9.17, 15) is 0 Å². The van der Waals surface area contributed by atoms with Gasteiger partial charge in [-0.2, -0.15) is 0 Å². The molecule has 1 fully saturated rings. The van der Waals surface area contributed by atoms with Crippen LogP contribution in [0.3, 0.4) is 0 Å². The molecule has 0 aromatic rings. The second kappa shape index (κ2) is 10.6. The third-order valence-electron chi connectivity index (χ3n) is 6.05. The Morgan fingerprint density at radius 1 is 0.773 bits per heavy atom. The lowest BCUT2D eigenvalue weighted by Gasteiger charge is -2.57. The van der Waals surface area contributed by atoms with Gasteiger partial charge in [0.05, 0.1) is 26.2 Å². The highest BCUT2D eigenvalue weighted by atomic mass is 15.4. The number of rotatable bonds is 12. The van der Waals surface area contributed by atoms with Crippen molar-refractivity contribution in [2.45, 2.75) is 97.4 Å². The maximum atomic E-state index is 3.79. The van der Waals surface area contributed by atoms with Gasteiger partial charge in [-0.25, -0.2) is 0 Å². The first-order chi connectivity index (χ1) is 10.7. The van der Waals surface area contributed by atoms with Gasteiger partial charge in [-0.15, -0.1) is 0 Å². The van der Waals surface area contributed by atoms with Crippen molar-refractivity contribution in [2.75, 3.05) is 32.7 Å². The zero-order chi connectivity index (χ0) is 16.3. The number of hydrogen-bond acceptors (Lipinski definition) is 1. The van der Waals surface area contributed by atoms with Gasteiger partial charge in [-0.3, -0.25) is 0 Å². The van der Waals surface area contributed by atoms with E-state index in [2.05, 4.69) is 33.0 Å². The predicted octanol–water partition coefficient (Wildman–Crippen LogP) is 5.13. The molecular weight excluding hydrogens is 268 g/mol. The number of quaternary nitrogens is 1. The fourth-order valence-electron chi connectivity index (χ4n) is 4.54. The average molecular weight is 312 g/mol. The van der Waals surface area contributed by atoms with Gasteiger partial charge in [0.2, 0.25) is 0 Å². The smallest absolute Gasteiger partial charge is 0.112 e. The highest BCUT2D eigenvalue weighted by Gasteiger charge is 2.50. The molecule has 0 amide bonds. The Bertz CT molecular complexity index is 231. The molecule has 0 saturated carbocycles. The van der Waals surface area contributed by atoms with Crippen molar-refractivity contribution in [1.29, 1.82) is 0 Å². The highest BCUT2D eigenvalue weighted by Crippen LogP contribution is 2.38. The van der Waals surface area contributed by atoms with Crippen LogP contribution < -0.4 is 5.32 Å². The van der Waals surface area contributed by atoms with Crippen molar-refractivity contribution >= 4 is 0 Å². The minimum absolute atomic E-state index is 0.522. The summed E-state index contributed by atoms with van der Waals surface area (Å²) in [5.41, 5.74) is 0.522. The molecule has 1 aliphatic rings. The molecule has 0 atom stereocenters. The summed E-state index contributed by atoms with van der Waals surface area (Å²) in [4.78, 5) is 0. The van der Waals surface area contributed by atoms with Gasteiger partial charge < -0.3 is 9.80 Å². The monoisotopic (exact) mass is 311 g/mol. The summed E-state index contributed by atoms with van der Waals surface area (Å²) < 4.78 is 1.43. The molecule has 132 valence electrons. The van der Waals surface area contributed by atoms with Crippen LogP contribution in [-0.2, 0) is 0 Å². The van der Waals surface area contributed by atoms with Crippen molar-refractivity contribution in [1.82, 2.24) is 5.32 Å². The van der Waals surface area contributed by atoms with Crippen LogP contribution >= 0.6 is 0 Å². The Labute approximate surface area is 140 Å². The summed E-state index contributed by atoms with van der Waals surface area (Å²) in [6, 6.07) is 0. The van der Waals surface area contributed by atoms with Gasteiger partial charge in [0.15, 0.2) is 0 Å². The number of hydrogen-bond donors (Lipinski definition) is 1. The van der Waals surface area contributed by atoms with Crippen LogP contribution in [-0.4, -0.2) is 42.7 Å². The van der Waals surface area contributed by atoms with Crippen molar-refractivity contribution < 1.29 is 4.48 Å². The Morgan fingerprint density at radius 3 is 1.73 bits per heavy atom. The molecule has 2 heteroatoms. The van der Waals surface area contributed by atoms with Crippen LogP contribution in [0.2, 0.25) is 0 Å². The number of nitrogens with one attached hydrogen (secondary N) is 1. The standard InChI is InChI=1S/C20H43N2/c1-5-9-13-20(14-10-6-2)19-21-15-18-22(20,16-11-7-3)17-12-8-4/h21H,5-19H2,1-4H3/q+1. The van der Waals surface area contributed by atoms with Gasteiger partial charge in [-0.1, -0.05) is 53.4 Å². The minimum Gasteiger partial charge on any atom is -0.317 e. The van der Waals surface area contributed by atoms with Crippen molar-refractivity contribution in [2.24, 2.45) is 0 Å². The molecule has 1 saturated heterocycles. The van der Waals surface area contributed by atoms with Crippen molar-refractivity contribution in [3.8, 4) is 0 Å². The molecule has 0 aromatic carbocycles. The topological polar surface area (TPSA) is 12.0 Å². The number of nitrogens with zero attached hydrogens (tertiary/aromatic N) is 1. The highest BCUT2D eigenvalue weighted by molar-refractivity contribution is 4.88. The zero-order valence-corrected chi connectivity index (χ0v) is 16.1. The second-order valence-corrected chi connectivity index (χ2v) is 7.63. The molecule has 1 heterocycles. The van der Waals surface area contributed by atoms with Gasteiger partial charge in [0.1, 0.15) is 5.54 Å². The summed E-state index contributed by atoms with van der Waals surface area (Å²) in [7, 11) is 0. The summed E-state index contributed by atoms with van der Waals surface area (Å²) in [5.74, 6) is 0. The van der Waals surface area contributed by atoms with Crippen LogP contribution in [0.25, 0.3) is 0 Å². The van der Waals surface area contributed by atoms with E-state index in [-0.39, 0.29) is 0 Å². The number of piperazine rings is 1. The molecule has 1 N–H and O–H groups in total. The molecule has 1 rings (SSSR count). The fraction of sp³-hybridized carbons (Fsp3) is 1.00. The zero-order valence-electron chi connectivity index (χ0n) is 16.1. The second-order valence-electron chi connectivity index (χ2n) is 7.63. The van der Waals surface area contributed by atoms with E-state index in [1.54, 1.807) is 0 Å². The van der Waals surface area contributed by atoms with Crippen LogP contribution in [0, 0.1) is 0 Å². The first-order valence-corrected chi connectivity index (χ1v) is 10.3. The van der Waals surface area contributed by atoms with Crippen LogP contribution in [0.5, 0.6) is 0 Å². The molecule has 0 spiro atoms. The lowest BCUT2D eigenvalue weighted by atomic mass is 9.80. The van der Waals surface area contributed by atoms with Crippen molar-refractivity contribution in [3.05, 3.63) is 0 Å². The first kappa shape index (κ1) is 20.0. The lowest BCUT2D eigenvalue weighted by Crippen LogP contribution is -2.73. The molecular formula is C20H43N2+. The largest absolute Gasteiger partial charge is 0.317 e. The lowest BCUT2D eigenvalue weighted by molar-refractivity contribution is -0.979. The van der Waals surface area contributed by atoms with Gasteiger partial charge in [0, 0.05) is 19.4 Å². The summed E-state index contributed by atoms with van der Waals surface area (Å²) in [6.45, 7) is 16.1. The Morgan fingerprint density at radius 2 is 1.27 bits per heavy atom. The third-order valence-corrected chi connectivity index (χ3v) is 6.05. The quantitative estimate of drug-likeness (QED) is 0.493. The predicted molar refractivity (Wildman–Crippen MR) is 99.3 cm³/mol. The molecule has 22 heavy (non-hydrogen) atoms.